The normalized spacial score (nSPS) is 12.4. The van der Waals surface area contributed by atoms with Crippen LogP contribution in [-0.2, 0) is 0 Å². The molecule has 0 saturated heterocycles. The summed E-state index contributed by atoms with van der Waals surface area (Å²) in [5.41, 5.74) is -2.71. The molecule has 0 radical (unpaired) electrons. The van der Waals surface area contributed by atoms with Crippen LogP contribution in [-0.4, -0.2) is 22.2 Å². The Labute approximate surface area is 111 Å². The first-order valence-electron chi connectivity index (χ1n) is 5.97. The Bertz CT molecular complexity index is 505. The highest BCUT2D eigenvalue weighted by Gasteiger charge is 2.37. The molecular weight excluding hydrogens is 252 g/mol. The van der Waals surface area contributed by atoms with Crippen molar-refractivity contribution in [2.75, 3.05) is 0 Å². The second-order valence-corrected chi connectivity index (χ2v) is 5.69. The number of benzene rings is 1. The summed E-state index contributed by atoms with van der Waals surface area (Å²) in [6, 6.07) is 2.31. The summed E-state index contributed by atoms with van der Waals surface area (Å²) in [4.78, 5) is 12.0. The lowest BCUT2D eigenvalue weighted by molar-refractivity contribution is -0.00309. The zero-order valence-corrected chi connectivity index (χ0v) is 11.8. The van der Waals surface area contributed by atoms with Gasteiger partial charge in [-0.25, -0.2) is 8.78 Å². The van der Waals surface area contributed by atoms with Crippen LogP contribution >= 0.6 is 0 Å². The fraction of sp³-hybridized carbons (Fsp3) is 0.500. The Balaban J connectivity index is 3.14. The zero-order chi connectivity index (χ0) is 15.0. The average molecular weight is 271 g/mol. The molecule has 5 heteroatoms. The minimum absolute atomic E-state index is 0.188. The fourth-order valence-corrected chi connectivity index (χ4v) is 1.36. The Kier molecular flexibility index (Phi) is 4.00. The third-order valence-electron chi connectivity index (χ3n) is 3.47. The van der Waals surface area contributed by atoms with E-state index in [9.17, 15) is 18.7 Å². The van der Waals surface area contributed by atoms with Crippen LogP contribution in [0.15, 0.2) is 12.1 Å². The molecule has 1 amide bonds. The number of hydrogen-bond acceptors (Lipinski definition) is 2. The van der Waals surface area contributed by atoms with Gasteiger partial charge < -0.3 is 10.4 Å². The highest BCUT2D eigenvalue weighted by atomic mass is 19.1. The molecule has 2 N–H and O–H groups in total. The van der Waals surface area contributed by atoms with Gasteiger partial charge in [-0.3, -0.25) is 4.79 Å². The van der Waals surface area contributed by atoms with Crippen molar-refractivity contribution < 1.29 is 18.7 Å². The van der Waals surface area contributed by atoms with Crippen LogP contribution in [0.4, 0.5) is 8.78 Å². The number of carbonyl (C=O) groups is 1. The van der Waals surface area contributed by atoms with Gasteiger partial charge in [0.25, 0.3) is 5.91 Å². The van der Waals surface area contributed by atoms with Crippen LogP contribution in [0.25, 0.3) is 0 Å². The summed E-state index contributed by atoms with van der Waals surface area (Å²) < 4.78 is 27.4. The number of hydrogen-bond donors (Lipinski definition) is 2. The lowest BCUT2D eigenvalue weighted by atomic mass is 9.85. The molecule has 0 spiro atoms. The first kappa shape index (κ1) is 15.6. The van der Waals surface area contributed by atoms with E-state index in [1.807, 2.05) is 0 Å². The zero-order valence-electron chi connectivity index (χ0n) is 11.8. The second-order valence-electron chi connectivity index (χ2n) is 5.69. The third kappa shape index (κ3) is 3.10. The molecule has 0 bridgehead atoms. The van der Waals surface area contributed by atoms with E-state index in [-0.39, 0.29) is 5.56 Å². The van der Waals surface area contributed by atoms with E-state index in [1.165, 1.54) is 26.8 Å². The molecule has 0 aliphatic carbocycles. The SMILES string of the molecule is Cc1ccc(F)c(C(=O)NC(C)(C)C(C)(C)O)c1F. The Morgan fingerprint density at radius 1 is 1.21 bits per heavy atom. The van der Waals surface area contributed by atoms with Crippen LogP contribution in [0.3, 0.4) is 0 Å². The number of aliphatic hydroxyl groups is 1. The number of rotatable bonds is 3. The third-order valence-corrected chi connectivity index (χ3v) is 3.47. The van der Waals surface area contributed by atoms with Crippen LogP contribution in [0.5, 0.6) is 0 Å². The molecule has 0 unspecified atom stereocenters. The predicted octanol–water partition coefficient (Wildman–Crippen LogP) is 2.55. The maximum Gasteiger partial charge on any atom is 0.257 e. The van der Waals surface area contributed by atoms with Gasteiger partial charge in [-0.1, -0.05) is 6.07 Å². The molecule has 0 aliphatic rings. The molecule has 1 aromatic rings. The second kappa shape index (κ2) is 4.89. The Morgan fingerprint density at radius 3 is 2.21 bits per heavy atom. The lowest BCUT2D eigenvalue weighted by Crippen LogP contribution is -2.57. The number of aryl methyl sites for hydroxylation is 1. The van der Waals surface area contributed by atoms with Gasteiger partial charge in [0.05, 0.1) is 11.1 Å². The molecule has 0 saturated carbocycles. The summed E-state index contributed by atoms with van der Waals surface area (Å²) >= 11 is 0. The first-order valence-corrected chi connectivity index (χ1v) is 5.97. The summed E-state index contributed by atoms with van der Waals surface area (Å²) in [7, 11) is 0. The monoisotopic (exact) mass is 271 g/mol. The minimum atomic E-state index is -1.24. The van der Waals surface area contributed by atoms with E-state index in [0.717, 1.165) is 6.07 Å². The molecule has 3 nitrogen and oxygen atoms in total. The maximum absolute atomic E-state index is 13.8. The molecule has 0 aromatic heterocycles. The van der Waals surface area contributed by atoms with E-state index in [1.54, 1.807) is 13.8 Å². The lowest BCUT2D eigenvalue weighted by Gasteiger charge is -2.38. The van der Waals surface area contributed by atoms with E-state index < -0.39 is 34.2 Å². The first-order chi connectivity index (χ1) is 8.47. The maximum atomic E-state index is 13.8. The van der Waals surface area contributed by atoms with Crippen molar-refractivity contribution >= 4 is 5.91 Å². The van der Waals surface area contributed by atoms with Crippen molar-refractivity contribution in [3.63, 3.8) is 0 Å². The van der Waals surface area contributed by atoms with Gasteiger partial charge in [-0.05, 0) is 46.2 Å². The topological polar surface area (TPSA) is 49.3 Å². The summed E-state index contributed by atoms with van der Waals surface area (Å²) in [5.74, 6) is -2.69. The molecule has 0 heterocycles. The molecule has 0 atom stereocenters. The number of carbonyl (C=O) groups excluding carboxylic acids is 1. The molecule has 0 aliphatic heterocycles. The van der Waals surface area contributed by atoms with Crippen molar-refractivity contribution in [3.05, 3.63) is 34.9 Å². The molecule has 19 heavy (non-hydrogen) atoms. The highest BCUT2D eigenvalue weighted by Crippen LogP contribution is 2.23. The van der Waals surface area contributed by atoms with Gasteiger partial charge in [0.2, 0.25) is 0 Å². The molecule has 106 valence electrons. The van der Waals surface area contributed by atoms with Crippen LogP contribution in [0.2, 0.25) is 0 Å². The number of halogens is 2. The van der Waals surface area contributed by atoms with E-state index >= 15 is 0 Å². The largest absolute Gasteiger partial charge is 0.388 e. The summed E-state index contributed by atoms with van der Waals surface area (Å²) in [5, 5.41) is 12.4. The highest BCUT2D eigenvalue weighted by molar-refractivity contribution is 5.95. The van der Waals surface area contributed by atoms with Gasteiger partial charge in [-0.15, -0.1) is 0 Å². The molecule has 1 aromatic carbocycles. The van der Waals surface area contributed by atoms with E-state index in [0.29, 0.717) is 0 Å². The number of nitrogens with one attached hydrogen (secondary N) is 1. The molecular formula is C14H19F2NO2. The Hall–Kier alpha value is -1.49. The van der Waals surface area contributed by atoms with Crippen molar-refractivity contribution in [3.8, 4) is 0 Å². The predicted molar refractivity (Wildman–Crippen MR) is 68.9 cm³/mol. The number of amides is 1. The smallest absolute Gasteiger partial charge is 0.257 e. The van der Waals surface area contributed by atoms with Gasteiger partial charge in [0.15, 0.2) is 0 Å². The molecule has 1 rings (SSSR count). The van der Waals surface area contributed by atoms with Crippen molar-refractivity contribution in [1.29, 1.82) is 0 Å². The quantitative estimate of drug-likeness (QED) is 0.887. The van der Waals surface area contributed by atoms with Crippen LogP contribution in [0, 0.1) is 18.6 Å². The standard InChI is InChI=1S/C14H19F2NO2/c1-8-6-7-9(15)10(11(8)16)12(18)17-13(2,3)14(4,5)19/h6-7,19H,1-5H3,(H,17,18). The van der Waals surface area contributed by atoms with Crippen molar-refractivity contribution in [2.24, 2.45) is 0 Å². The van der Waals surface area contributed by atoms with Crippen molar-refractivity contribution in [2.45, 2.75) is 45.8 Å². The van der Waals surface area contributed by atoms with Gasteiger partial charge in [0.1, 0.15) is 17.2 Å². The van der Waals surface area contributed by atoms with Crippen molar-refractivity contribution in [1.82, 2.24) is 5.32 Å². The average Bonchev–Trinajstić information content (AvgIpc) is 2.21. The summed E-state index contributed by atoms with van der Waals surface area (Å²) in [6.45, 7) is 7.63. The van der Waals surface area contributed by atoms with E-state index in [4.69, 9.17) is 0 Å². The van der Waals surface area contributed by atoms with Gasteiger partial charge in [0, 0.05) is 0 Å². The van der Waals surface area contributed by atoms with Crippen LogP contribution < -0.4 is 5.32 Å². The van der Waals surface area contributed by atoms with Gasteiger partial charge >= 0.3 is 0 Å². The van der Waals surface area contributed by atoms with Crippen LogP contribution in [0.1, 0.15) is 43.6 Å². The molecule has 0 fully saturated rings. The minimum Gasteiger partial charge on any atom is -0.388 e. The Morgan fingerprint density at radius 2 is 1.74 bits per heavy atom. The van der Waals surface area contributed by atoms with E-state index in [2.05, 4.69) is 5.32 Å². The fourth-order valence-electron chi connectivity index (χ4n) is 1.36. The summed E-state index contributed by atoms with van der Waals surface area (Å²) in [6.07, 6.45) is 0. The van der Waals surface area contributed by atoms with Gasteiger partial charge in [-0.2, -0.15) is 0 Å².